The number of sulfonamides is 1. The summed E-state index contributed by atoms with van der Waals surface area (Å²) in [5.74, 6) is -0.00345. The number of primary amides is 1. The van der Waals surface area contributed by atoms with Crippen molar-refractivity contribution >= 4 is 21.7 Å². The predicted molar refractivity (Wildman–Crippen MR) is 66.6 cm³/mol. The maximum absolute atomic E-state index is 11.2. The Labute approximate surface area is 105 Å². The third-order valence-corrected chi connectivity index (χ3v) is 3.95. The minimum atomic E-state index is -3.11. The summed E-state index contributed by atoms with van der Waals surface area (Å²) in [7, 11) is -3.11. The quantitative estimate of drug-likeness (QED) is 0.748. The molecule has 8 heteroatoms. The van der Waals surface area contributed by atoms with Gasteiger partial charge < -0.3 is 11.1 Å². The number of amides is 1. The van der Waals surface area contributed by atoms with E-state index in [2.05, 4.69) is 10.3 Å². The third kappa shape index (κ3) is 2.77. The van der Waals surface area contributed by atoms with Crippen molar-refractivity contribution in [3.8, 4) is 0 Å². The summed E-state index contributed by atoms with van der Waals surface area (Å²) < 4.78 is 23.7. The first-order valence-electron chi connectivity index (χ1n) is 5.34. The zero-order chi connectivity index (χ0) is 13.3. The molecule has 7 nitrogen and oxygen atoms in total. The Balaban J connectivity index is 1.96. The number of nitrogens with zero attached hydrogens (tertiary/aromatic N) is 2. The molecule has 98 valence electrons. The Kier molecular flexibility index (Phi) is 3.22. The van der Waals surface area contributed by atoms with Crippen molar-refractivity contribution in [2.24, 2.45) is 5.73 Å². The van der Waals surface area contributed by atoms with E-state index in [0.717, 1.165) is 0 Å². The summed E-state index contributed by atoms with van der Waals surface area (Å²) in [6.45, 7) is 0.808. The SMILES string of the molecule is CS(=O)(=O)N1CC(Nc2cc(C(N)=O)ccn2)C1. The highest BCUT2D eigenvalue weighted by molar-refractivity contribution is 7.88. The number of nitrogens with one attached hydrogen (secondary N) is 1. The Morgan fingerprint density at radius 1 is 1.56 bits per heavy atom. The van der Waals surface area contributed by atoms with Gasteiger partial charge in [-0.2, -0.15) is 4.31 Å². The van der Waals surface area contributed by atoms with Gasteiger partial charge in [0.2, 0.25) is 15.9 Å². The first-order chi connectivity index (χ1) is 8.36. The van der Waals surface area contributed by atoms with Crippen LogP contribution in [0.4, 0.5) is 5.82 Å². The predicted octanol–water partition coefficient (Wildman–Crippen LogP) is -0.764. The van der Waals surface area contributed by atoms with Crippen LogP contribution in [0.25, 0.3) is 0 Å². The number of hydrogen-bond acceptors (Lipinski definition) is 5. The molecule has 1 aliphatic rings. The third-order valence-electron chi connectivity index (χ3n) is 2.71. The van der Waals surface area contributed by atoms with Crippen molar-refractivity contribution < 1.29 is 13.2 Å². The standard InChI is InChI=1S/C10H14N4O3S/c1-18(16,17)14-5-8(6-14)13-9-4-7(10(11)15)2-3-12-9/h2-4,8H,5-6H2,1H3,(H2,11,15)(H,12,13). The highest BCUT2D eigenvalue weighted by atomic mass is 32.2. The molecule has 0 aromatic carbocycles. The smallest absolute Gasteiger partial charge is 0.248 e. The van der Waals surface area contributed by atoms with Crippen LogP contribution in [0.5, 0.6) is 0 Å². The van der Waals surface area contributed by atoms with Crippen LogP contribution in [0.15, 0.2) is 18.3 Å². The fourth-order valence-corrected chi connectivity index (χ4v) is 2.57. The molecule has 1 aliphatic heterocycles. The lowest BCUT2D eigenvalue weighted by molar-refractivity contribution is 0.1000. The second-order valence-corrected chi connectivity index (χ2v) is 6.20. The molecule has 0 spiro atoms. The van der Waals surface area contributed by atoms with Crippen LogP contribution in [-0.2, 0) is 10.0 Å². The van der Waals surface area contributed by atoms with E-state index < -0.39 is 15.9 Å². The van der Waals surface area contributed by atoms with Gasteiger partial charge in [-0.25, -0.2) is 13.4 Å². The molecular formula is C10H14N4O3S. The van der Waals surface area contributed by atoms with E-state index in [1.54, 1.807) is 6.07 Å². The summed E-state index contributed by atoms with van der Waals surface area (Å²) in [4.78, 5) is 15.0. The van der Waals surface area contributed by atoms with E-state index in [4.69, 9.17) is 5.73 Å². The van der Waals surface area contributed by atoms with E-state index in [1.807, 2.05) is 0 Å². The van der Waals surface area contributed by atoms with Gasteiger partial charge >= 0.3 is 0 Å². The number of anilines is 1. The van der Waals surface area contributed by atoms with Gasteiger partial charge in [0.15, 0.2) is 0 Å². The topological polar surface area (TPSA) is 105 Å². The van der Waals surface area contributed by atoms with Gasteiger partial charge in [-0.15, -0.1) is 0 Å². The van der Waals surface area contributed by atoms with Crippen LogP contribution >= 0.6 is 0 Å². The van der Waals surface area contributed by atoms with Crippen molar-refractivity contribution in [1.29, 1.82) is 0 Å². The molecule has 0 saturated carbocycles. The molecule has 0 radical (unpaired) electrons. The molecule has 2 rings (SSSR count). The van der Waals surface area contributed by atoms with Crippen molar-refractivity contribution in [2.75, 3.05) is 24.7 Å². The maximum atomic E-state index is 11.2. The largest absolute Gasteiger partial charge is 0.366 e. The van der Waals surface area contributed by atoms with E-state index in [1.165, 1.54) is 22.8 Å². The number of aromatic nitrogens is 1. The monoisotopic (exact) mass is 270 g/mol. The fourth-order valence-electron chi connectivity index (χ4n) is 1.67. The highest BCUT2D eigenvalue weighted by Gasteiger charge is 2.33. The molecule has 0 aliphatic carbocycles. The molecule has 1 amide bonds. The van der Waals surface area contributed by atoms with Crippen molar-refractivity contribution in [1.82, 2.24) is 9.29 Å². The zero-order valence-corrected chi connectivity index (χ0v) is 10.6. The second-order valence-electron chi connectivity index (χ2n) is 4.22. The van der Waals surface area contributed by atoms with Crippen LogP contribution in [0.2, 0.25) is 0 Å². The van der Waals surface area contributed by atoms with Gasteiger partial charge in [-0.05, 0) is 12.1 Å². The van der Waals surface area contributed by atoms with E-state index in [-0.39, 0.29) is 6.04 Å². The van der Waals surface area contributed by atoms with E-state index in [9.17, 15) is 13.2 Å². The molecule has 1 aromatic heterocycles. The average Bonchev–Trinajstić information content (AvgIpc) is 2.21. The lowest BCUT2D eigenvalue weighted by atomic mass is 10.2. The lowest BCUT2D eigenvalue weighted by Gasteiger charge is -2.37. The summed E-state index contributed by atoms with van der Waals surface area (Å²) >= 11 is 0. The molecule has 0 unspecified atom stereocenters. The van der Waals surface area contributed by atoms with Crippen molar-refractivity contribution in [3.63, 3.8) is 0 Å². The molecule has 1 fully saturated rings. The van der Waals surface area contributed by atoms with Crippen LogP contribution < -0.4 is 11.1 Å². The minimum absolute atomic E-state index is 0.00958. The fraction of sp³-hybridized carbons (Fsp3) is 0.400. The minimum Gasteiger partial charge on any atom is -0.366 e. The number of rotatable bonds is 4. The van der Waals surface area contributed by atoms with Crippen LogP contribution in [0.1, 0.15) is 10.4 Å². The molecule has 0 bridgehead atoms. The van der Waals surface area contributed by atoms with Gasteiger partial charge in [-0.3, -0.25) is 4.79 Å². The Morgan fingerprint density at radius 3 is 2.78 bits per heavy atom. The number of hydrogen-bond donors (Lipinski definition) is 2. The van der Waals surface area contributed by atoms with Crippen molar-refractivity contribution in [3.05, 3.63) is 23.9 Å². The first-order valence-corrected chi connectivity index (χ1v) is 7.18. The number of carbonyl (C=O) groups excluding carboxylic acids is 1. The highest BCUT2D eigenvalue weighted by Crippen LogP contribution is 2.16. The van der Waals surface area contributed by atoms with Crippen molar-refractivity contribution in [2.45, 2.75) is 6.04 Å². The average molecular weight is 270 g/mol. The maximum Gasteiger partial charge on any atom is 0.248 e. The first kappa shape index (κ1) is 12.8. The summed E-state index contributed by atoms with van der Waals surface area (Å²) in [5, 5.41) is 3.05. The molecule has 18 heavy (non-hydrogen) atoms. The second kappa shape index (κ2) is 4.54. The van der Waals surface area contributed by atoms with Crippen LogP contribution in [0.3, 0.4) is 0 Å². The van der Waals surface area contributed by atoms with Gasteiger partial charge in [0.1, 0.15) is 5.82 Å². The Morgan fingerprint density at radius 2 is 2.22 bits per heavy atom. The van der Waals surface area contributed by atoms with E-state index >= 15 is 0 Å². The zero-order valence-electron chi connectivity index (χ0n) is 9.83. The molecular weight excluding hydrogens is 256 g/mol. The van der Waals surface area contributed by atoms with Gasteiger partial charge in [-0.1, -0.05) is 0 Å². The normalized spacial score (nSPS) is 17.2. The Hall–Kier alpha value is -1.67. The molecule has 1 saturated heterocycles. The van der Waals surface area contributed by atoms with Crippen LogP contribution in [-0.4, -0.2) is 49.0 Å². The van der Waals surface area contributed by atoms with Gasteiger partial charge in [0.25, 0.3) is 0 Å². The molecule has 1 aromatic rings. The molecule has 0 atom stereocenters. The van der Waals surface area contributed by atoms with Crippen LogP contribution in [0, 0.1) is 0 Å². The number of carbonyl (C=O) groups is 1. The summed E-state index contributed by atoms with van der Waals surface area (Å²) in [5.41, 5.74) is 5.52. The van der Waals surface area contributed by atoms with E-state index in [0.29, 0.717) is 24.5 Å². The molecule has 3 N–H and O–H groups in total. The summed E-state index contributed by atoms with van der Waals surface area (Å²) in [6, 6.07) is 3.08. The van der Waals surface area contributed by atoms with Gasteiger partial charge in [0, 0.05) is 24.8 Å². The lowest BCUT2D eigenvalue weighted by Crippen LogP contribution is -2.56. The molecule has 2 heterocycles. The summed E-state index contributed by atoms with van der Waals surface area (Å²) in [6.07, 6.45) is 2.66. The number of pyridine rings is 1. The van der Waals surface area contributed by atoms with Gasteiger partial charge in [0.05, 0.1) is 12.3 Å². The Bertz CT molecular complexity index is 566. The number of nitrogens with two attached hydrogens (primary N) is 1.